The van der Waals surface area contributed by atoms with Crippen molar-refractivity contribution in [1.82, 2.24) is 5.32 Å². The molecule has 1 rings (SSSR count). The van der Waals surface area contributed by atoms with Crippen LogP contribution >= 0.6 is 11.8 Å². The first-order valence-electron chi connectivity index (χ1n) is 5.25. The van der Waals surface area contributed by atoms with E-state index in [0.29, 0.717) is 12.1 Å². The molecule has 4 heteroatoms. The van der Waals surface area contributed by atoms with Crippen molar-refractivity contribution in [2.75, 3.05) is 25.2 Å². The zero-order chi connectivity index (χ0) is 12.5. The number of aliphatic hydroxyl groups is 1. The third-order valence-electron chi connectivity index (χ3n) is 2.03. The van der Waals surface area contributed by atoms with Crippen molar-refractivity contribution < 1.29 is 9.90 Å². The molecule has 0 aliphatic carbocycles. The maximum absolute atomic E-state index is 11.7. The SMILES string of the molecule is CSCCNC(=O)c1cccc(C#CCO)c1. The molecule has 0 unspecified atom stereocenters. The fourth-order valence-corrected chi connectivity index (χ4v) is 1.55. The fraction of sp³-hybridized carbons (Fsp3) is 0.308. The van der Waals surface area contributed by atoms with Gasteiger partial charge < -0.3 is 10.4 Å². The summed E-state index contributed by atoms with van der Waals surface area (Å²) in [5.41, 5.74) is 1.33. The van der Waals surface area contributed by atoms with Crippen LogP contribution in [0.25, 0.3) is 0 Å². The van der Waals surface area contributed by atoms with Crippen LogP contribution in [0.15, 0.2) is 24.3 Å². The van der Waals surface area contributed by atoms with E-state index < -0.39 is 0 Å². The van der Waals surface area contributed by atoms with Crippen molar-refractivity contribution in [3.05, 3.63) is 35.4 Å². The summed E-state index contributed by atoms with van der Waals surface area (Å²) in [5.74, 6) is 6.13. The smallest absolute Gasteiger partial charge is 0.251 e. The van der Waals surface area contributed by atoms with Crippen LogP contribution in [0.2, 0.25) is 0 Å². The molecule has 1 amide bonds. The van der Waals surface area contributed by atoms with Crippen LogP contribution in [-0.2, 0) is 0 Å². The normalized spacial score (nSPS) is 9.29. The van der Waals surface area contributed by atoms with Gasteiger partial charge in [-0.2, -0.15) is 11.8 Å². The Balaban J connectivity index is 2.67. The number of carbonyl (C=O) groups is 1. The van der Waals surface area contributed by atoms with Crippen LogP contribution in [0, 0.1) is 11.8 Å². The predicted molar refractivity (Wildman–Crippen MR) is 71.1 cm³/mol. The van der Waals surface area contributed by atoms with Crippen LogP contribution in [0.5, 0.6) is 0 Å². The maximum atomic E-state index is 11.7. The van der Waals surface area contributed by atoms with Gasteiger partial charge >= 0.3 is 0 Å². The van der Waals surface area contributed by atoms with Crippen LogP contribution < -0.4 is 5.32 Å². The molecular weight excluding hydrogens is 234 g/mol. The molecule has 2 N–H and O–H groups in total. The molecule has 0 radical (unpaired) electrons. The molecule has 0 bridgehead atoms. The van der Waals surface area contributed by atoms with E-state index in [2.05, 4.69) is 17.2 Å². The first kappa shape index (κ1) is 13.6. The highest BCUT2D eigenvalue weighted by molar-refractivity contribution is 7.98. The average Bonchev–Trinajstić information content (AvgIpc) is 2.37. The van der Waals surface area contributed by atoms with Crippen LogP contribution in [0.1, 0.15) is 15.9 Å². The molecule has 0 aliphatic rings. The molecule has 0 heterocycles. The van der Waals surface area contributed by atoms with Crippen LogP contribution in [0.3, 0.4) is 0 Å². The van der Waals surface area contributed by atoms with E-state index in [0.717, 1.165) is 11.3 Å². The van der Waals surface area contributed by atoms with Gasteiger partial charge in [0.2, 0.25) is 0 Å². The fourth-order valence-electron chi connectivity index (χ4n) is 1.25. The van der Waals surface area contributed by atoms with E-state index in [9.17, 15) is 4.79 Å². The minimum atomic E-state index is -0.176. The van der Waals surface area contributed by atoms with Crippen molar-refractivity contribution >= 4 is 17.7 Å². The highest BCUT2D eigenvalue weighted by Gasteiger charge is 2.04. The second-order valence-corrected chi connectivity index (χ2v) is 4.27. The van der Waals surface area contributed by atoms with Gasteiger partial charge in [0.25, 0.3) is 5.91 Å². The maximum Gasteiger partial charge on any atom is 0.251 e. The minimum Gasteiger partial charge on any atom is -0.384 e. The number of benzene rings is 1. The zero-order valence-corrected chi connectivity index (χ0v) is 10.5. The van der Waals surface area contributed by atoms with Gasteiger partial charge in [-0.25, -0.2) is 0 Å². The lowest BCUT2D eigenvalue weighted by Gasteiger charge is -2.04. The Morgan fingerprint density at radius 2 is 2.35 bits per heavy atom. The first-order chi connectivity index (χ1) is 8.27. The van der Waals surface area contributed by atoms with E-state index >= 15 is 0 Å². The van der Waals surface area contributed by atoms with Crippen LogP contribution in [-0.4, -0.2) is 36.2 Å². The number of carbonyl (C=O) groups excluding carboxylic acids is 1. The molecule has 0 aromatic heterocycles. The van der Waals surface area contributed by atoms with Crippen molar-refractivity contribution in [2.24, 2.45) is 0 Å². The van der Waals surface area contributed by atoms with E-state index in [1.165, 1.54) is 0 Å². The summed E-state index contributed by atoms with van der Waals surface area (Å²) in [6, 6.07) is 7.06. The topological polar surface area (TPSA) is 49.3 Å². The summed E-state index contributed by atoms with van der Waals surface area (Å²) in [7, 11) is 0. The standard InChI is InChI=1S/C13H15NO2S/c1-17-9-7-14-13(16)12-6-2-4-11(10-12)5-3-8-15/h2,4,6,10,15H,7-9H2,1H3,(H,14,16). The van der Waals surface area contributed by atoms with E-state index in [4.69, 9.17) is 5.11 Å². The number of amides is 1. The van der Waals surface area contributed by atoms with E-state index in [1.807, 2.05) is 6.26 Å². The zero-order valence-electron chi connectivity index (χ0n) is 9.69. The van der Waals surface area contributed by atoms with Crippen molar-refractivity contribution in [2.45, 2.75) is 0 Å². The quantitative estimate of drug-likeness (QED) is 0.621. The Kier molecular flexibility index (Phi) is 6.23. The van der Waals surface area contributed by atoms with Crippen molar-refractivity contribution in [1.29, 1.82) is 0 Å². The molecule has 0 atom stereocenters. The monoisotopic (exact) mass is 249 g/mol. The molecule has 0 saturated heterocycles. The lowest BCUT2D eigenvalue weighted by Crippen LogP contribution is -2.25. The first-order valence-corrected chi connectivity index (χ1v) is 6.64. The van der Waals surface area contributed by atoms with Gasteiger partial charge in [0.05, 0.1) is 0 Å². The van der Waals surface area contributed by atoms with Gasteiger partial charge in [0.15, 0.2) is 0 Å². The highest BCUT2D eigenvalue weighted by Crippen LogP contribution is 2.04. The van der Waals surface area contributed by atoms with E-state index in [1.54, 1.807) is 36.0 Å². The van der Waals surface area contributed by atoms with Gasteiger partial charge in [0, 0.05) is 23.4 Å². The second-order valence-electron chi connectivity index (χ2n) is 3.29. The van der Waals surface area contributed by atoms with Gasteiger partial charge in [0.1, 0.15) is 6.61 Å². The number of rotatable bonds is 4. The molecule has 3 nitrogen and oxygen atoms in total. The molecule has 17 heavy (non-hydrogen) atoms. The largest absolute Gasteiger partial charge is 0.384 e. The summed E-state index contributed by atoms with van der Waals surface area (Å²) in [5, 5.41) is 11.4. The number of hydrogen-bond donors (Lipinski definition) is 2. The molecular formula is C13H15NO2S. The summed E-state index contributed by atoms with van der Waals surface area (Å²) >= 11 is 1.69. The third kappa shape index (κ3) is 4.94. The third-order valence-corrected chi connectivity index (χ3v) is 2.64. The minimum absolute atomic E-state index is 0.0910. The highest BCUT2D eigenvalue weighted by atomic mass is 32.2. The van der Waals surface area contributed by atoms with Crippen molar-refractivity contribution in [3.63, 3.8) is 0 Å². The second kappa shape index (κ2) is 7.77. The summed E-state index contributed by atoms with van der Waals surface area (Å²) in [4.78, 5) is 11.7. The Labute approximate surface area is 106 Å². The van der Waals surface area contributed by atoms with E-state index in [-0.39, 0.29) is 12.5 Å². The Bertz CT molecular complexity index is 435. The molecule has 0 fully saturated rings. The van der Waals surface area contributed by atoms with Gasteiger partial charge in [-0.05, 0) is 24.5 Å². The van der Waals surface area contributed by atoms with Crippen LogP contribution in [0.4, 0.5) is 0 Å². The number of aliphatic hydroxyl groups excluding tert-OH is 1. The predicted octanol–water partition coefficient (Wildman–Crippen LogP) is 1.12. The molecule has 1 aromatic carbocycles. The number of hydrogen-bond acceptors (Lipinski definition) is 3. The Hall–Kier alpha value is -1.44. The van der Waals surface area contributed by atoms with Crippen molar-refractivity contribution in [3.8, 4) is 11.8 Å². The van der Waals surface area contributed by atoms with Gasteiger partial charge in [-0.1, -0.05) is 17.9 Å². The molecule has 0 aliphatic heterocycles. The Morgan fingerprint density at radius 3 is 3.06 bits per heavy atom. The molecule has 0 spiro atoms. The lowest BCUT2D eigenvalue weighted by molar-refractivity contribution is 0.0956. The van der Waals surface area contributed by atoms with Gasteiger partial charge in [-0.3, -0.25) is 4.79 Å². The Morgan fingerprint density at radius 1 is 1.53 bits per heavy atom. The number of thioether (sulfide) groups is 1. The number of nitrogens with one attached hydrogen (secondary N) is 1. The molecule has 0 saturated carbocycles. The molecule has 1 aromatic rings. The molecule has 90 valence electrons. The average molecular weight is 249 g/mol. The van der Waals surface area contributed by atoms with Gasteiger partial charge in [-0.15, -0.1) is 0 Å². The summed E-state index contributed by atoms with van der Waals surface area (Å²) in [6.07, 6.45) is 2.00. The summed E-state index contributed by atoms with van der Waals surface area (Å²) < 4.78 is 0. The summed E-state index contributed by atoms with van der Waals surface area (Å²) in [6.45, 7) is 0.483. The lowest BCUT2D eigenvalue weighted by atomic mass is 10.1.